The van der Waals surface area contributed by atoms with Gasteiger partial charge in [0.25, 0.3) is 5.43 Å². The minimum Gasteiger partial charge on any atom is -0.281 e. The number of unbranched alkanes of at least 4 members (excludes halogenated alkanes) is 4. The van der Waals surface area contributed by atoms with E-state index in [1.807, 2.05) is 0 Å². The number of aromatic nitrogens is 2. The highest BCUT2D eigenvalue weighted by molar-refractivity contribution is 5.64. The second kappa shape index (κ2) is 6.73. The van der Waals surface area contributed by atoms with E-state index in [1.165, 1.54) is 0 Å². The van der Waals surface area contributed by atoms with Gasteiger partial charge in [-0.25, -0.2) is 9.97 Å². The van der Waals surface area contributed by atoms with E-state index in [0.717, 1.165) is 62.6 Å². The summed E-state index contributed by atoms with van der Waals surface area (Å²) in [5.41, 5.74) is 1.72. The molecule has 0 aromatic rings. The van der Waals surface area contributed by atoms with Crippen LogP contribution in [0.25, 0.3) is 11.4 Å². The third-order valence-corrected chi connectivity index (χ3v) is 3.78. The van der Waals surface area contributed by atoms with E-state index in [2.05, 4.69) is 23.8 Å². The van der Waals surface area contributed by atoms with Crippen molar-refractivity contribution in [2.45, 2.75) is 65.2 Å². The summed E-state index contributed by atoms with van der Waals surface area (Å²) in [6, 6.07) is 0. The van der Waals surface area contributed by atoms with Crippen molar-refractivity contribution in [2.24, 2.45) is 0 Å². The fourth-order valence-electron chi connectivity index (χ4n) is 2.63. The summed E-state index contributed by atoms with van der Waals surface area (Å²) in [6.07, 6.45) is 8.53. The lowest BCUT2D eigenvalue weighted by Gasteiger charge is -2.03. The highest BCUT2D eigenvalue weighted by atomic mass is 16.2. The van der Waals surface area contributed by atoms with Crippen molar-refractivity contribution in [3.63, 3.8) is 0 Å². The van der Waals surface area contributed by atoms with Crippen LogP contribution in [0.5, 0.6) is 0 Å². The van der Waals surface area contributed by atoms with Crippen LogP contribution in [-0.2, 0) is 12.8 Å². The van der Waals surface area contributed by atoms with Gasteiger partial charge in [-0.3, -0.25) is 9.59 Å². The Kier molecular flexibility index (Phi) is 4.99. The molecule has 0 amide bonds. The predicted octanol–water partition coefficient (Wildman–Crippen LogP) is 2.64. The Hall–Kier alpha value is -1.58. The molecule has 108 valence electrons. The van der Waals surface area contributed by atoms with Gasteiger partial charge in [0, 0.05) is 11.3 Å². The molecule has 4 nitrogen and oxygen atoms in total. The highest BCUT2D eigenvalue weighted by Crippen LogP contribution is 2.26. The van der Waals surface area contributed by atoms with Gasteiger partial charge < -0.3 is 0 Å². The monoisotopic (exact) mass is 274 g/mol. The van der Waals surface area contributed by atoms with Crippen LogP contribution < -0.4 is 11.0 Å². The summed E-state index contributed by atoms with van der Waals surface area (Å²) in [6.45, 7) is 4.32. The zero-order valence-corrected chi connectivity index (χ0v) is 12.4. The van der Waals surface area contributed by atoms with Gasteiger partial charge in [0.15, 0.2) is 0 Å². The van der Waals surface area contributed by atoms with Gasteiger partial charge in [-0.15, -0.1) is 0 Å². The lowest BCUT2D eigenvalue weighted by molar-refractivity contribution is 0.689. The largest absolute Gasteiger partial charge is 0.320 e. The summed E-state index contributed by atoms with van der Waals surface area (Å²) >= 11 is 0. The molecule has 0 saturated carbocycles. The minimum atomic E-state index is -0.653. The van der Waals surface area contributed by atoms with E-state index in [-0.39, 0.29) is 0 Å². The summed E-state index contributed by atoms with van der Waals surface area (Å²) < 4.78 is 0. The summed E-state index contributed by atoms with van der Waals surface area (Å²) in [4.78, 5) is 31.4. The molecule has 0 saturated heterocycles. The van der Waals surface area contributed by atoms with Crippen LogP contribution in [-0.4, -0.2) is 9.97 Å². The first-order chi connectivity index (χ1) is 9.69. The number of fused-ring (bicyclic) bond motifs is 1. The van der Waals surface area contributed by atoms with E-state index < -0.39 is 11.0 Å². The first-order valence-electron chi connectivity index (χ1n) is 7.67. The summed E-state index contributed by atoms with van der Waals surface area (Å²) in [5.74, 6) is 0. The lowest BCUT2D eigenvalue weighted by Crippen LogP contribution is -2.19. The van der Waals surface area contributed by atoms with Gasteiger partial charge in [-0.2, -0.15) is 0 Å². The summed E-state index contributed by atoms with van der Waals surface area (Å²) in [5, 5.41) is 0. The number of hydrogen-bond donors (Lipinski definition) is 0. The molecular formula is C16H22N2O2. The first-order valence-corrected chi connectivity index (χ1v) is 7.67. The van der Waals surface area contributed by atoms with Gasteiger partial charge in [0.2, 0.25) is 0 Å². The Labute approximate surface area is 119 Å². The average molecular weight is 274 g/mol. The Morgan fingerprint density at radius 3 is 2.10 bits per heavy atom. The molecular weight excluding hydrogens is 252 g/mol. The van der Waals surface area contributed by atoms with Crippen molar-refractivity contribution < 1.29 is 0 Å². The molecule has 0 unspecified atom stereocenters. The van der Waals surface area contributed by atoms with Crippen LogP contribution in [0.1, 0.15) is 63.6 Å². The van der Waals surface area contributed by atoms with E-state index in [1.54, 1.807) is 0 Å². The Morgan fingerprint density at radius 1 is 0.800 bits per heavy atom. The Morgan fingerprint density at radius 2 is 1.45 bits per heavy atom. The van der Waals surface area contributed by atoms with Crippen LogP contribution in [0.4, 0.5) is 0 Å². The third-order valence-electron chi connectivity index (χ3n) is 3.78. The molecule has 2 aliphatic rings. The molecule has 2 aliphatic heterocycles. The molecule has 0 aromatic carbocycles. The molecule has 0 spiro atoms. The maximum absolute atomic E-state index is 11.7. The Balaban J connectivity index is 2.27. The fourth-order valence-corrected chi connectivity index (χ4v) is 2.63. The molecule has 0 radical (unpaired) electrons. The molecule has 0 N–H and O–H groups in total. The molecule has 4 heteroatoms. The van der Waals surface area contributed by atoms with E-state index in [4.69, 9.17) is 0 Å². The highest BCUT2D eigenvalue weighted by Gasteiger charge is 2.25. The normalized spacial score (nSPS) is 11.5. The van der Waals surface area contributed by atoms with Gasteiger partial charge in [-0.05, 0) is 25.7 Å². The van der Waals surface area contributed by atoms with E-state index in [9.17, 15) is 9.59 Å². The molecule has 2 heterocycles. The molecule has 0 fully saturated rings. The second-order valence-electron chi connectivity index (χ2n) is 5.39. The number of nitrogens with zero attached hydrogens (tertiary/aromatic N) is 2. The third kappa shape index (κ3) is 2.94. The van der Waals surface area contributed by atoms with Crippen molar-refractivity contribution in [3.05, 3.63) is 31.8 Å². The zero-order chi connectivity index (χ0) is 14.5. The molecule has 20 heavy (non-hydrogen) atoms. The van der Waals surface area contributed by atoms with Gasteiger partial charge >= 0.3 is 5.56 Å². The smallest absolute Gasteiger partial charge is 0.281 e. The molecule has 0 bridgehead atoms. The molecule has 0 aliphatic carbocycles. The van der Waals surface area contributed by atoms with Gasteiger partial charge in [0.05, 0.1) is 0 Å². The first kappa shape index (κ1) is 14.8. The molecule has 0 atom stereocenters. The van der Waals surface area contributed by atoms with Crippen LogP contribution in [0.3, 0.4) is 0 Å². The average Bonchev–Trinajstić information content (AvgIpc) is 2.90. The van der Waals surface area contributed by atoms with Crippen molar-refractivity contribution in [1.29, 1.82) is 0 Å². The van der Waals surface area contributed by atoms with Crippen molar-refractivity contribution in [1.82, 2.24) is 9.97 Å². The fraction of sp³-hybridized carbons (Fsp3) is 0.625. The maximum Gasteiger partial charge on any atom is 0.320 e. The van der Waals surface area contributed by atoms with Crippen LogP contribution in [0.15, 0.2) is 9.59 Å². The lowest BCUT2D eigenvalue weighted by atomic mass is 10.0. The van der Waals surface area contributed by atoms with E-state index in [0.29, 0.717) is 11.4 Å². The topological polar surface area (TPSA) is 59.9 Å². The summed E-state index contributed by atoms with van der Waals surface area (Å²) in [7, 11) is 0. The van der Waals surface area contributed by atoms with Crippen LogP contribution in [0, 0.1) is 0 Å². The quantitative estimate of drug-likeness (QED) is 0.548. The molecule has 2 rings (SSSR count). The number of hydrogen-bond acceptors (Lipinski definition) is 4. The second-order valence-corrected chi connectivity index (χ2v) is 5.39. The van der Waals surface area contributed by atoms with Crippen LogP contribution >= 0.6 is 0 Å². The van der Waals surface area contributed by atoms with Gasteiger partial charge in [-0.1, -0.05) is 39.5 Å². The predicted molar refractivity (Wildman–Crippen MR) is 80.0 cm³/mol. The SMILES string of the molecule is CCCCCc1nc2c(=O)c(=O)nc-2c1CCCCC. The number of rotatable bonds is 8. The standard InChI is InChI=1S/C16H22N2O2/c1-3-5-7-9-11-12(10-8-6-4-2)17-14-13(11)18-16(20)15(14)19/h3-10H2,1-2H3. The van der Waals surface area contributed by atoms with Gasteiger partial charge in [0.1, 0.15) is 11.4 Å². The van der Waals surface area contributed by atoms with Crippen molar-refractivity contribution in [2.75, 3.05) is 0 Å². The Bertz CT molecular complexity index is 612. The minimum absolute atomic E-state index is 0.299. The number of aryl methyl sites for hydroxylation is 1. The zero-order valence-electron chi connectivity index (χ0n) is 12.4. The van der Waals surface area contributed by atoms with Crippen molar-refractivity contribution in [3.8, 4) is 11.4 Å². The van der Waals surface area contributed by atoms with E-state index >= 15 is 0 Å². The molecule has 0 aromatic heterocycles. The maximum atomic E-state index is 11.7. The van der Waals surface area contributed by atoms with Crippen LogP contribution in [0.2, 0.25) is 0 Å². The van der Waals surface area contributed by atoms with Crippen molar-refractivity contribution >= 4 is 0 Å².